The van der Waals surface area contributed by atoms with Crippen molar-refractivity contribution in [2.24, 2.45) is 11.3 Å². The van der Waals surface area contributed by atoms with Gasteiger partial charge in [-0.25, -0.2) is 0 Å². The quantitative estimate of drug-likeness (QED) is 0.748. The number of aryl methyl sites for hydroxylation is 1. The molecular weight excluding hydrogens is 378 g/mol. The van der Waals surface area contributed by atoms with Crippen LogP contribution < -0.4 is 10.6 Å². The maximum absolute atomic E-state index is 13.1. The topological polar surface area (TPSA) is 78.5 Å². The molecule has 1 spiro atoms. The molecule has 1 aromatic carbocycles. The lowest BCUT2D eigenvalue weighted by molar-refractivity contribution is -0.125. The molecule has 2 aliphatic heterocycles. The van der Waals surface area contributed by atoms with Gasteiger partial charge in [-0.1, -0.05) is 18.2 Å². The second-order valence-corrected chi connectivity index (χ2v) is 9.12. The summed E-state index contributed by atoms with van der Waals surface area (Å²) in [6.07, 6.45) is 10.2. The number of anilines is 1. The fourth-order valence-corrected chi connectivity index (χ4v) is 4.83. The number of rotatable bonds is 4. The van der Waals surface area contributed by atoms with E-state index in [2.05, 4.69) is 22.8 Å². The molecule has 1 aromatic rings. The van der Waals surface area contributed by atoms with Crippen molar-refractivity contribution in [2.45, 2.75) is 51.9 Å². The standard InChI is InChI=1S/C24H31N3O3/c1-17-6-7-19(15-20(17)26-22(29)14-18-4-2-3-5-18)23(30)27-12-10-24(11-13-27)9-8-21(28)25-16-24/h2,4,6-7,15,18H,3,5,8-14,16H2,1H3,(H,25,28)(H,26,29). The minimum atomic E-state index is -0.00138. The van der Waals surface area contributed by atoms with Gasteiger partial charge in [0.2, 0.25) is 11.8 Å². The van der Waals surface area contributed by atoms with Crippen molar-refractivity contribution in [1.29, 1.82) is 0 Å². The monoisotopic (exact) mass is 409 g/mol. The molecule has 160 valence electrons. The predicted octanol–water partition coefficient (Wildman–Crippen LogP) is 3.42. The number of likely N-dealkylation sites (tertiary alicyclic amines) is 1. The summed E-state index contributed by atoms with van der Waals surface area (Å²) < 4.78 is 0. The van der Waals surface area contributed by atoms with Crippen molar-refractivity contribution in [2.75, 3.05) is 25.0 Å². The lowest BCUT2D eigenvalue weighted by Crippen LogP contribution is -2.50. The molecule has 6 heteroatoms. The second-order valence-electron chi connectivity index (χ2n) is 9.12. The second kappa shape index (κ2) is 8.62. The number of nitrogens with zero attached hydrogens (tertiary/aromatic N) is 1. The average molecular weight is 410 g/mol. The third-order valence-corrected chi connectivity index (χ3v) is 6.97. The summed E-state index contributed by atoms with van der Waals surface area (Å²) >= 11 is 0. The van der Waals surface area contributed by atoms with E-state index in [0.717, 1.165) is 49.9 Å². The molecule has 3 aliphatic rings. The molecule has 4 rings (SSSR count). The van der Waals surface area contributed by atoms with Crippen molar-refractivity contribution in [3.05, 3.63) is 41.5 Å². The van der Waals surface area contributed by atoms with Gasteiger partial charge in [-0.3, -0.25) is 14.4 Å². The lowest BCUT2D eigenvalue weighted by Gasteiger charge is -2.44. The van der Waals surface area contributed by atoms with Gasteiger partial charge in [-0.05, 0) is 68.1 Å². The van der Waals surface area contributed by atoms with Gasteiger partial charge in [0, 0.05) is 43.7 Å². The van der Waals surface area contributed by atoms with Gasteiger partial charge < -0.3 is 15.5 Å². The first-order valence-electron chi connectivity index (χ1n) is 11.1. The van der Waals surface area contributed by atoms with E-state index in [1.807, 2.05) is 30.0 Å². The van der Waals surface area contributed by atoms with Crippen LogP contribution in [0.4, 0.5) is 5.69 Å². The summed E-state index contributed by atoms with van der Waals surface area (Å²) in [6, 6.07) is 5.56. The number of carbonyl (C=O) groups excluding carboxylic acids is 3. The normalized spacial score (nSPS) is 22.8. The van der Waals surface area contributed by atoms with Crippen LogP contribution in [0.3, 0.4) is 0 Å². The first-order valence-corrected chi connectivity index (χ1v) is 11.1. The van der Waals surface area contributed by atoms with Crippen LogP contribution in [0.15, 0.2) is 30.4 Å². The zero-order chi connectivity index (χ0) is 21.1. The van der Waals surface area contributed by atoms with Crippen LogP contribution in [0.2, 0.25) is 0 Å². The van der Waals surface area contributed by atoms with Gasteiger partial charge in [0.25, 0.3) is 5.91 Å². The van der Waals surface area contributed by atoms with E-state index in [0.29, 0.717) is 37.4 Å². The Hall–Kier alpha value is -2.63. The van der Waals surface area contributed by atoms with E-state index in [4.69, 9.17) is 0 Å². The number of piperidine rings is 2. The number of hydrogen-bond acceptors (Lipinski definition) is 3. The van der Waals surface area contributed by atoms with Gasteiger partial charge >= 0.3 is 0 Å². The summed E-state index contributed by atoms with van der Waals surface area (Å²) in [5.41, 5.74) is 2.43. The molecule has 1 atom stereocenters. The fraction of sp³-hybridized carbons (Fsp3) is 0.542. The Morgan fingerprint density at radius 2 is 2.03 bits per heavy atom. The molecule has 1 aliphatic carbocycles. The molecule has 0 aromatic heterocycles. The van der Waals surface area contributed by atoms with E-state index in [9.17, 15) is 14.4 Å². The number of benzene rings is 1. The minimum Gasteiger partial charge on any atom is -0.356 e. The Labute approximate surface area is 178 Å². The first-order chi connectivity index (χ1) is 14.4. The van der Waals surface area contributed by atoms with Crippen molar-refractivity contribution >= 4 is 23.4 Å². The van der Waals surface area contributed by atoms with Crippen LogP contribution in [0.5, 0.6) is 0 Å². The highest BCUT2D eigenvalue weighted by molar-refractivity contribution is 5.98. The van der Waals surface area contributed by atoms with Crippen molar-refractivity contribution in [1.82, 2.24) is 10.2 Å². The van der Waals surface area contributed by atoms with E-state index in [-0.39, 0.29) is 23.1 Å². The predicted molar refractivity (Wildman–Crippen MR) is 116 cm³/mol. The smallest absolute Gasteiger partial charge is 0.253 e. The summed E-state index contributed by atoms with van der Waals surface area (Å²) in [6.45, 7) is 4.09. The van der Waals surface area contributed by atoms with E-state index in [1.54, 1.807) is 0 Å². The molecular formula is C24H31N3O3. The van der Waals surface area contributed by atoms with Gasteiger partial charge in [0.05, 0.1) is 0 Å². The van der Waals surface area contributed by atoms with Crippen LogP contribution in [0, 0.1) is 18.3 Å². The summed E-state index contributed by atoms with van der Waals surface area (Å²) in [4.78, 5) is 38.9. The molecule has 0 radical (unpaired) electrons. The maximum Gasteiger partial charge on any atom is 0.253 e. The highest BCUT2D eigenvalue weighted by Gasteiger charge is 2.38. The molecule has 0 bridgehead atoms. The Balaban J connectivity index is 1.37. The summed E-state index contributed by atoms with van der Waals surface area (Å²) in [5.74, 6) is 0.468. The van der Waals surface area contributed by atoms with Crippen molar-refractivity contribution in [3.63, 3.8) is 0 Å². The minimum absolute atomic E-state index is 0.00138. The van der Waals surface area contributed by atoms with Gasteiger partial charge in [0.1, 0.15) is 0 Å². The van der Waals surface area contributed by atoms with Gasteiger partial charge in [0.15, 0.2) is 0 Å². The van der Waals surface area contributed by atoms with Crippen LogP contribution in [-0.2, 0) is 9.59 Å². The van der Waals surface area contributed by atoms with Crippen LogP contribution >= 0.6 is 0 Å². The number of hydrogen-bond donors (Lipinski definition) is 2. The van der Waals surface area contributed by atoms with Crippen molar-refractivity contribution < 1.29 is 14.4 Å². The molecule has 2 saturated heterocycles. The summed E-state index contributed by atoms with van der Waals surface area (Å²) in [7, 11) is 0. The number of nitrogens with one attached hydrogen (secondary N) is 2. The van der Waals surface area contributed by atoms with Crippen LogP contribution in [0.1, 0.15) is 60.9 Å². The average Bonchev–Trinajstić information content (AvgIpc) is 3.25. The number of amides is 3. The number of allylic oxidation sites excluding steroid dienone is 2. The zero-order valence-electron chi connectivity index (χ0n) is 17.7. The molecule has 2 N–H and O–H groups in total. The third kappa shape index (κ3) is 4.58. The molecule has 30 heavy (non-hydrogen) atoms. The van der Waals surface area contributed by atoms with E-state index in [1.165, 1.54) is 0 Å². The maximum atomic E-state index is 13.1. The first kappa shape index (κ1) is 20.6. The van der Waals surface area contributed by atoms with E-state index < -0.39 is 0 Å². The Morgan fingerprint density at radius 1 is 1.23 bits per heavy atom. The number of carbonyl (C=O) groups is 3. The molecule has 2 heterocycles. The van der Waals surface area contributed by atoms with Crippen LogP contribution in [-0.4, -0.2) is 42.3 Å². The molecule has 3 amide bonds. The largest absolute Gasteiger partial charge is 0.356 e. The highest BCUT2D eigenvalue weighted by Crippen LogP contribution is 2.38. The van der Waals surface area contributed by atoms with Crippen LogP contribution in [0.25, 0.3) is 0 Å². The Morgan fingerprint density at radius 3 is 2.70 bits per heavy atom. The van der Waals surface area contributed by atoms with Gasteiger partial charge in [-0.15, -0.1) is 0 Å². The molecule has 0 saturated carbocycles. The van der Waals surface area contributed by atoms with E-state index >= 15 is 0 Å². The Bertz CT molecular complexity index is 856. The third-order valence-electron chi connectivity index (χ3n) is 6.97. The molecule has 2 fully saturated rings. The summed E-state index contributed by atoms with van der Waals surface area (Å²) in [5, 5.41) is 5.99. The highest BCUT2D eigenvalue weighted by atomic mass is 16.2. The Kier molecular flexibility index (Phi) is 5.93. The van der Waals surface area contributed by atoms with Gasteiger partial charge in [-0.2, -0.15) is 0 Å². The fourth-order valence-electron chi connectivity index (χ4n) is 4.83. The van der Waals surface area contributed by atoms with Crippen molar-refractivity contribution in [3.8, 4) is 0 Å². The SMILES string of the molecule is Cc1ccc(C(=O)N2CCC3(CCC(=O)NC3)CC2)cc1NC(=O)CC1C=CCC1. The molecule has 6 nitrogen and oxygen atoms in total. The zero-order valence-corrected chi connectivity index (χ0v) is 17.7. The molecule has 1 unspecified atom stereocenters. The lowest BCUT2D eigenvalue weighted by atomic mass is 9.73.